The Kier molecular flexibility index (Phi) is 3.80. The summed E-state index contributed by atoms with van der Waals surface area (Å²) >= 11 is 6.02. The first kappa shape index (κ1) is 13.5. The summed E-state index contributed by atoms with van der Waals surface area (Å²) in [6.07, 6.45) is 1.49. The molecule has 0 saturated heterocycles. The number of aryl methyl sites for hydroxylation is 2. The van der Waals surface area contributed by atoms with Gasteiger partial charge in [-0.3, -0.25) is 4.79 Å². The topological polar surface area (TPSA) is 72.7 Å². The molecule has 0 atom stereocenters. The van der Waals surface area contributed by atoms with E-state index in [2.05, 4.69) is 20.4 Å². The molecule has 2 rings (SSSR count). The highest BCUT2D eigenvalue weighted by molar-refractivity contribution is 6.32. The summed E-state index contributed by atoms with van der Waals surface area (Å²) in [6.45, 7) is 6.23. The van der Waals surface area contributed by atoms with E-state index in [-0.39, 0.29) is 11.0 Å². The zero-order valence-corrected chi connectivity index (χ0v) is 11.7. The van der Waals surface area contributed by atoms with Gasteiger partial charge >= 0.3 is 0 Å². The molecule has 0 unspecified atom stereocenters. The molecule has 6 nitrogen and oxygen atoms in total. The summed E-state index contributed by atoms with van der Waals surface area (Å²) in [7, 11) is 0. The minimum Gasteiger partial charge on any atom is -0.383 e. The molecule has 0 aliphatic rings. The van der Waals surface area contributed by atoms with Crippen LogP contribution in [0.25, 0.3) is 5.95 Å². The third kappa shape index (κ3) is 2.73. The largest absolute Gasteiger partial charge is 0.383 e. The lowest BCUT2D eigenvalue weighted by molar-refractivity contribution is 0.743. The highest BCUT2D eigenvalue weighted by atomic mass is 35.5. The molecular weight excluding hydrogens is 266 g/mol. The van der Waals surface area contributed by atoms with Gasteiger partial charge in [-0.15, -0.1) is 0 Å². The van der Waals surface area contributed by atoms with E-state index in [1.807, 2.05) is 26.8 Å². The molecule has 0 radical (unpaired) electrons. The summed E-state index contributed by atoms with van der Waals surface area (Å²) < 4.78 is 1.10. The summed E-state index contributed by atoms with van der Waals surface area (Å²) in [6, 6.07) is 1.82. The highest BCUT2D eigenvalue weighted by Crippen LogP contribution is 2.15. The van der Waals surface area contributed by atoms with Gasteiger partial charge in [-0.25, -0.2) is 9.97 Å². The summed E-state index contributed by atoms with van der Waals surface area (Å²) in [4.78, 5) is 20.5. The molecule has 0 saturated carbocycles. The summed E-state index contributed by atoms with van der Waals surface area (Å²) in [5, 5.41) is 7.09. The van der Waals surface area contributed by atoms with Crippen molar-refractivity contribution >= 4 is 17.3 Å². The van der Waals surface area contributed by atoms with Crippen LogP contribution in [0.15, 0.2) is 17.1 Å². The Hall–Kier alpha value is -1.95. The minimum absolute atomic E-state index is 0.0830. The Bertz CT molecular complexity index is 647. The first-order chi connectivity index (χ1) is 9.02. The molecule has 0 amide bonds. The molecular formula is C12H14ClN5O. The van der Waals surface area contributed by atoms with Gasteiger partial charge in [0, 0.05) is 17.9 Å². The Balaban J connectivity index is 2.57. The average molecular weight is 280 g/mol. The molecule has 0 aliphatic carbocycles. The van der Waals surface area contributed by atoms with Gasteiger partial charge in [-0.2, -0.15) is 9.78 Å². The molecule has 1 N–H and O–H groups in total. The van der Waals surface area contributed by atoms with E-state index in [4.69, 9.17) is 11.6 Å². The normalized spacial score (nSPS) is 10.5. The van der Waals surface area contributed by atoms with E-state index in [1.165, 1.54) is 6.20 Å². The maximum absolute atomic E-state index is 12.1. The number of nitrogens with zero attached hydrogens (tertiary/aromatic N) is 4. The zero-order chi connectivity index (χ0) is 14.0. The SMILES string of the molecule is CCNc1cnn(-c2nc(C)cc(C)n2)c(=O)c1Cl. The van der Waals surface area contributed by atoms with E-state index in [0.717, 1.165) is 16.1 Å². The Labute approximate surface area is 115 Å². The zero-order valence-electron chi connectivity index (χ0n) is 10.9. The summed E-state index contributed by atoms with van der Waals surface area (Å²) in [5.41, 5.74) is 1.60. The molecule has 100 valence electrons. The number of hydrogen-bond donors (Lipinski definition) is 1. The Morgan fingerprint density at radius 1 is 1.32 bits per heavy atom. The van der Waals surface area contributed by atoms with Gasteiger partial charge < -0.3 is 5.32 Å². The van der Waals surface area contributed by atoms with Crippen LogP contribution in [0.4, 0.5) is 5.69 Å². The van der Waals surface area contributed by atoms with Crippen molar-refractivity contribution in [2.45, 2.75) is 20.8 Å². The lowest BCUT2D eigenvalue weighted by atomic mass is 10.3. The maximum Gasteiger partial charge on any atom is 0.295 e. The molecule has 7 heteroatoms. The van der Waals surface area contributed by atoms with Crippen molar-refractivity contribution in [1.82, 2.24) is 19.7 Å². The maximum atomic E-state index is 12.1. The molecule has 0 spiro atoms. The molecule has 2 heterocycles. The predicted molar refractivity (Wildman–Crippen MR) is 74.1 cm³/mol. The van der Waals surface area contributed by atoms with Crippen LogP contribution in [0, 0.1) is 13.8 Å². The molecule has 19 heavy (non-hydrogen) atoms. The number of hydrogen-bond acceptors (Lipinski definition) is 5. The van der Waals surface area contributed by atoms with Gasteiger partial charge in [0.05, 0.1) is 11.9 Å². The van der Waals surface area contributed by atoms with E-state index >= 15 is 0 Å². The van der Waals surface area contributed by atoms with Gasteiger partial charge in [0.25, 0.3) is 11.5 Å². The number of rotatable bonds is 3. The molecule has 2 aromatic rings. The van der Waals surface area contributed by atoms with Gasteiger partial charge in [-0.1, -0.05) is 11.6 Å². The fraction of sp³-hybridized carbons (Fsp3) is 0.333. The summed E-state index contributed by atoms with van der Waals surface area (Å²) in [5.74, 6) is 0.229. The third-order valence-electron chi connectivity index (χ3n) is 2.45. The van der Waals surface area contributed by atoms with Crippen LogP contribution >= 0.6 is 11.6 Å². The van der Waals surface area contributed by atoms with E-state index in [9.17, 15) is 4.79 Å². The van der Waals surface area contributed by atoms with E-state index < -0.39 is 5.56 Å². The van der Waals surface area contributed by atoms with Crippen LogP contribution in [0.5, 0.6) is 0 Å². The van der Waals surface area contributed by atoms with Crippen molar-refractivity contribution in [3.05, 3.63) is 39.0 Å². The van der Waals surface area contributed by atoms with Crippen molar-refractivity contribution in [3.8, 4) is 5.95 Å². The minimum atomic E-state index is -0.440. The van der Waals surface area contributed by atoms with Crippen LogP contribution in [-0.2, 0) is 0 Å². The number of anilines is 1. The lowest BCUT2D eigenvalue weighted by Gasteiger charge is -2.08. The quantitative estimate of drug-likeness (QED) is 0.926. The molecule has 0 aromatic carbocycles. The second-order valence-corrected chi connectivity index (χ2v) is 4.45. The van der Waals surface area contributed by atoms with Gasteiger partial charge in [0.2, 0.25) is 0 Å². The number of aromatic nitrogens is 4. The van der Waals surface area contributed by atoms with Gasteiger partial charge in [-0.05, 0) is 26.8 Å². The van der Waals surface area contributed by atoms with E-state index in [0.29, 0.717) is 12.2 Å². The Morgan fingerprint density at radius 3 is 2.53 bits per heavy atom. The molecule has 0 fully saturated rings. The van der Waals surface area contributed by atoms with Crippen LogP contribution in [-0.4, -0.2) is 26.3 Å². The standard InChI is InChI=1S/C12H14ClN5O/c1-4-14-9-6-15-18(11(19)10(9)13)12-16-7(2)5-8(3)17-12/h5-6,14H,4H2,1-3H3. The first-order valence-corrected chi connectivity index (χ1v) is 6.25. The number of halogens is 1. The lowest BCUT2D eigenvalue weighted by Crippen LogP contribution is -2.25. The average Bonchev–Trinajstić information content (AvgIpc) is 2.34. The van der Waals surface area contributed by atoms with Crippen LogP contribution in [0.1, 0.15) is 18.3 Å². The van der Waals surface area contributed by atoms with Crippen molar-refractivity contribution in [3.63, 3.8) is 0 Å². The molecule has 2 aromatic heterocycles. The number of nitrogens with one attached hydrogen (secondary N) is 1. The van der Waals surface area contributed by atoms with Gasteiger partial charge in [0.1, 0.15) is 5.02 Å². The van der Waals surface area contributed by atoms with Crippen molar-refractivity contribution < 1.29 is 0 Å². The van der Waals surface area contributed by atoms with Crippen molar-refractivity contribution in [1.29, 1.82) is 0 Å². The second-order valence-electron chi connectivity index (χ2n) is 4.07. The van der Waals surface area contributed by atoms with Crippen LogP contribution < -0.4 is 10.9 Å². The highest BCUT2D eigenvalue weighted by Gasteiger charge is 2.12. The first-order valence-electron chi connectivity index (χ1n) is 5.87. The fourth-order valence-corrected chi connectivity index (χ4v) is 1.89. The second kappa shape index (κ2) is 5.36. The van der Waals surface area contributed by atoms with Crippen LogP contribution in [0.2, 0.25) is 5.02 Å². The smallest absolute Gasteiger partial charge is 0.295 e. The van der Waals surface area contributed by atoms with Crippen molar-refractivity contribution in [2.75, 3.05) is 11.9 Å². The fourth-order valence-electron chi connectivity index (χ4n) is 1.69. The third-order valence-corrected chi connectivity index (χ3v) is 2.81. The molecule has 0 bridgehead atoms. The monoisotopic (exact) mass is 279 g/mol. The van der Waals surface area contributed by atoms with Gasteiger partial charge in [0.15, 0.2) is 0 Å². The Morgan fingerprint density at radius 2 is 1.95 bits per heavy atom. The van der Waals surface area contributed by atoms with Crippen LogP contribution in [0.3, 0.4) is 0 Å². The van der Waals surface area contributed by atoms with E-state index in [1.54, 1.807) is 0 Å². The van der Waals surface area contributed by atoms with Crippen molar-refractivity contribution in [2.24, 2.45) is 0 Å². The molecule has 0 aliphatic heterocycles. The predicted octanol–water partition coefficient (Wildman–Crippen LogP) is 1.72.